The number of carbonyl (C=O) groups excluding carboxylic acids is 1. The van der Waals surface area contributed by atoms with Crippen molar-refractivity contribution >= 4 is 11.6 Å². The number of rotatable bonds is 2. The third-order valence-corrected chi connectivity index (χ3v) is 4.82. The maximum atomic E-state index is 13.0. The molecular weight excluding hydrogens is 338 g/mol. The summed E-state index contributed by atoms with van der Waals surface area (Å²) in [5.41, 5.74) is 1.71. The average Bonchev–Trinajstić information content (AvgIpc) is 3.02. The number of benzene rings is 1. The third-order valence-electron chi connectivity index (χ3n) is 4.82. The van der Waals surface area contributed by atoms with Crippen LogP contribution in [-0.2, 0) is 28.5 Å². The summed E-state index contributed by atoms with van der Waals surface area (Å²) < 4.78 is 29.7. The van der Waals surface area contributed by atoms with E-state index in [2.05, 4.69) is 5.32 Å². The van der Waals surface area contributed by atoms with Crippen molar-refractivity contribution in [3.05, 3.63) is 29.8 Å². The Kier molecular flexibility index (Phi) is 4.13. The topological polar surface area (TPSA) is 75.3 Å². The van der Waals surface area contributed by atoms with Crippen LogP contribution in [0.4, 0.5) is 5.69 Å². The van der Waals surface area contributed by atoms with Crippen LogP contribution in [0.15, 0.2) is 24.3 Å². The van der Waals surface area contributed by atoms with Crippen molar-refractivity contribution in [1.29, 1.82) is 0 Å². The van der Waals surface area contributed by atoms with Crippen LogP contribution in [0, 0.1) is 6.92 Å². The van der Waals surface area contributed by atoms with Gasteiger partial charge in [0.1, 0.15) is 18.3 Å². The van der Waals surface area contributed by atoms with E-state index >= 15 is 0 Å². The van der Waals surface area contributed by atoms with Crippen LogP contribution < -0.4 is 5.32 Å². The monoisotopic (exact) mass is 363 g/mol. The lowest BCUT2D eigenvalue weighted by atomic mass is 9.98. The van der Waals surface area contributed by atoms with E-state index in [1.165, 1.54) is 0 Å². The quantitative estimate of drug-likeness (QED) is 0.869. The van der Waals surface area contributed by atoms with Gasteiger partial charge in [-0.15, -0.1) is 0 Å². The van der Waals surface area contributed by atoms with E-state index in [1.54, 1.807) is 0 Å². The van der Waals surface area contributed by atoms with Gasteiger partial charge in [0.15, 0.2) is 24.0 Å². The second-order valence-electron chi connectivity index (χ2n) is 7.89. The lowest BCUT2D eigenvalue weighted by Crippen LogP contribution is -2.58. The normalized spacial score (nSPS) is 37.0. The van der Waals surface area contributed by atoms with Crippen LogP contribution in [0.1, 0.15) is 33.3 Å². The summed E-state index contributed by atoms with van der Waals surface area (Å²) in [7, 11) is 0. The van der Waals surface area contributed by atoms with Gasteiger partial charge in [0, 0.05) is 5.69 Å². The van der Waals surface area contributed by atoms with Gasteiger partial charge in [0.25, 0.3) is 5.91 Å². The van der Waals surface area contributed by atoms with E-state index in [1.807, 2.05) is 58.9 Å². The zero-order chi connectivity index (χ0) is 18.7. The lowest BCUT2D eigenvalue weighted by Gasteiger charge is -2.36. The van der Waals surface area contributed by atoms with Crippen LogP contribution in [0.3, 0.4) is 0 Å². The average molecular weight is 363 g/mol. The summed E-state index contributed by atoms with van der Waals surface area (Å²) in [5.74, 6) is -1.93. The summed E-state index contributed by atoms with van der Waals surface area (Å²) in [6, 6.07) is 7.58. The van der Waals surface area contributed by atoms with E-state index in [0.717, 1.165) is 11.3 Å². The number of amides is 1. The van der Waals surface area contributed by atoms with E-state index < -0.39 is 42.3 Å². The summed E-state index contributed by atoms with van der Waals surface area (Å²) in [4.78, 5) is 13.0. The molecule has 0 saturated carbocycles. The molecule has 142 valence electrons. The van der Waals surface area contributed by atoms with Gasteiger partial charge in [-0.2, -0.15) is 0 Å². The minimum absolute atomic E-state index is 0.289. The molecule has 7 nitrogen and oxygen atoms in total. The molecular formula is C19H25NO6. The smallest absolute Gasteiger partial charge is 0.256 e. The third kappa shape index (κ3) is 3.14. The fourth-order valence-corrected chi connectivity index (χ4v) is 3.74. The molecule has 26 heavy (non-hydrogen) atoms. The van der Waals surface area contributed by atoms with Crippen molar-refractivity contribution in [2.75, 3.05) is 5.32 Å². The number of carbonyl (C=O) groups is 1. The second-order valence-corrected chi connectivity index (χ2v) is 7.89. The van der Waals surface area contributed by atoms with Gasteiger partial charge in [-0.25, -0.2) is 0 Å². The van der Waals surface area contributed by atoms with Crippen LogP contribution in [0.25, 0.3) is 0 Å². The Morgan fingerprint density at radius 3 is 2.27 bits per heavy atom. The van der Waals surface area contributed by atoms with Gasteiger partial charge in [-0.05, 0) is 46.2 Å². The van der Waals surface area contributed by atoms with Gasteiger partial charge in [0.05, 0.1) is 0 Å². The maximum absolute atomic E-state index is 13.0. The Bertz CT molecular complexity index is 718. The Hall–Kier alpha value is -1.51. The molecule has 5 atom stereocenters. The summed E-state index contributed by atoms with van der Waals surface area (Å²) in [6.45, 7) is 9.19. The molecule has 1 amide bonds. The first-order chi connectivity index (χ1) is 12.2. The molecule has 0 unspecified atom stereocenters. The Labute approximate surface area is 152 Å². The first-order valence-electron chi connectivity index (χ1n) is 8.88. The Morgan fingerprint density at radius 1 is 0.923 bits per heavy atom. The van der Waals surface area contributed by atoms with Gasteiger partial charge in [0.2, 0.25) is 0 Å². The zero-order valence-electron chi connectivity index (χ0n) is 15.6. The highest BCUT2D eigenvalue weighted by Gasteiger charge is 2.62. The van der Waals surface area contributed by atoms with E-state index in [-0.39, 0.29) is 5.91 Å². The van der Waals surface area contributed by atoms with Crippen molar-refractivity contribution in [2.45, 2.75) is 76.9 Å². The lowest BCUT2D eigenvalue weighted by molar-refractivity contribution is -0.229. The molecule has 0 bridgehead atoms. The molecule has 3 heterocycles. The predicted molar refractivity (Wildman–Crippen MR) is 92.3 cm³/mol. The minimum Gasteiger partial charge on any atom is -0.342 e. The number of hydrogen-bond acceptors (Lipinski definition) is 6. The maximum Gasteiger partial charge on any atom is 0.256 e. The molecule has 3 aliphatic heterocycles. The summed E-state index contributed by atoms with van der Waals surface area (Å²) >= 11 is 0. The molecule has 1 N–H and O–H groups in total. The van der Waals surface area contributed by atoms with Gasteiger partial charge in [-0.1, -0.05) is 18.2 Å². The van der Waals surface area contributed by atoms with Crippen molar-refractivity contribution in [1.82, 2.24) is 0 Å². The van der Waals surface area contributed by atoms with Crippen LogP contribution >= 0.6 is 0 Å². The minimum atomic E-state index is -0.861. The van der Waals surface area contributed by atoms with Crippen LogP contribution in [0.2, 0.25) is 0 Å². The second kappa shape index (κ2) is 6.00. The number of para-hydroxylation sites is 1. The molecule has 7 heteroatoms. The molecule has 3 saturated heterocycles. The van der Waals surface area contributed by atoms with Crippen molar-refractivity contribution in [2.24, 2.45) is 0 Å². The highest BCUT2D eigenvalue weighted by molar-refractivity contribution is 5.95. The largest absolute Gasteiger partial charge is 0.342 e. The molecule has 4 rings (SSSR count). The number of fused-ring (bicyclic) bond motifs is 3. The molecule has 3 fully saturated rings. The Morgan fingerprint density at radius 2 is 1.54 bits per heavy atom. The van der Waals surface area contributed by atoms with Crippen LogP contribution in [-0.4, -0.2) is 48.2 Å². The van der Waals surface area contributed by atoms with Crippen LogP contribution in [0.5, 0.6) is 0 Å². The summed E-state index contributed by atoms with van der Waals surface area (Å²) in [6.07, 6.45) is -3.01. The Balaban J connectivity index is 1.59. The zero-order valence-corrected chi connectivity index (χ0v) is 15.6. The fraction of sp³-hybridized carbons (Fsp3) is 0.632. The number of nitrogens with one attached hydrogen (secondary N) is 1. The molecule has 0 spiro atoms. The molecule has 0 aliphatic carbocycles. The summed E-state index contributed by atoms with van der Waals surface area (Å²) in [5, 5.41) is 2.92. The molecule has 3 aliphatic rings. The first-order valence-corrected chi connectivity index (χ1v) is 8.88. The van der Waals surface area contributed by atoms with Crippen molar-refractivity contribution < 1.29 is 28.5 Å². The van der Waals surface area contributed by atoms with E-state index in [0.29, 0.717) is 0 Å². The number of ether oxygens (including phenoxy) is 5. The van der Waals surface area contributed by atoms with Gasteiger partial charge in [-0.3, -0.25) is 4.79 Å². The van der Waals surface area contributed by atoms with E-state index in [9.17, 15) is 4.79 Å². The molecule has 0 radical (unpaired) electrons. The van der Waals surface area contributed by atoms with Crippen molar-refractivity contribution in [3.8, 4) is 0 Å². The standard InChI is InChI=1S/C19H25NO6/c1-10-8-6-7-9-11(10)20-16(21)14-12-13(24-18(2,3)23-12)15-17(22-14)26-19(4,5)25-15/h6-9,12-15,17H,1-5H3,(H,20,21)/t12-,13-,14+,15+,17-/m0/s1. The molecule has 1 aromatic rings. The van der Waals surface area contributed by atoms with Gasteiger partial charge >= 0.3 is 0 Å². The fourth-order valence-electron chi connectivity index (χ4n) is 3.74. The van der Waals surface area contributed by atoms with E-state index in [4.69, 9.17) is 23.7 Å². The first kappa shape index (κ1) is 17.9. The van der Waals surface area contributed by atoms with Gasteiger partial charge < -0.3 is 29.0 Å². The predicted octanol–water partition coefficient (Wildman–Crippen LogP) is 2.33. The number of anilines is 1. The molecule has 0 aromatic heterocycles. The highest BCUT2D eigenvalue weighted by atomic mass is 16.9. The van der Waals surface area contributed by atoms with Crippen molar-refractivity contribution in [3.63, 3.8) is 0 Å². The molecule has 1 aromatic carbocycles. The number of hydrogen-bond donors (Lipinski definition) is 1. The number of aryl methyl sites for hydroxylation is 1. The highest BCUT2D eigenvalue weighted by Crippen LogP contribution is 2.44. The SMILES string of the molecule is Cc1ccccc1NC(=O)[C@@H]1O[C@H]2OC(C)(C)O[C@@H]2[C@H]2OC(C)(C)O[C@@H]21.